The Morgan fingerprint density at radius 2 is 2.17 bits per heavy atom. The minimum Gasteiger partial charge on any atom is -0.480 e. The number of aromatic amines is 1. The Labute approximate surface area is 143 Å². The highest BCUT2D eigenvalue weighted by atomic mass is 16.5. The average Bonchev–Trinajstić information content (AvgIpc) is 2.96. The zero-order chi connectivity index (χ0) is 16.9. The predicted octanol–water partition coefficient (Wildman–Crippen LogP) is 2.11. The minimum absolute atomic E-state index is 0.167. The third-order valence-electron chi connectivity index (χ3n) is 5.32. The van der Waals surface area contributed by atoms with E-state index < -0.39 is 5.97 Å². The van der Waals surface area contributed by atoms with Crippen molar-refractivity contribution in [2.45, 2.75) is 51.6 Å². The molecule has 2 fully saturated rings. The first-order valence-electron chi connectivity index (χ1n) is 9.17. The molecular formula is C18H29N3O3. The van der Waals surface area contributed by atoms with Crippen molar-refractivity contribution in [3.8, 4) is 0 Å². The Morgan fingerprint density at radius 3 is 2.88 bits per heavy atom. The van der Waals surface area contributed by atoms with Crippen LogP contribution >= 0.6 is 0 Å². The summed E-state index contributed by atoms with van der Waals surface area (Å²) in [5, 5.41) is 16.5. The molecule has 2 aliphatic heterocycles. The number of carboxylic acid groups (broad SMARTS) is 1. The van der Waals surface area contributed by atoms with Gasteiger partial charge in [-0.3, -0.25) is 14.8 Å². The molecule has 0 aromatic carbocycles. The molecule has 2 N–H and O–H groups in total. The smallest absolute Gasteiger partial charge is 0.317 e. The molecule has 6 heteroatoms. The average molecular weight is 335 g/mol. The van der Waals surface area contributed by atoms with Crippen LogP contribution in [0.15, 0.2) is 6.07 Å². The van der Waals surface area contributed by atoms with E-state index in [9.17, 15) is 4.79 Å². The second-order valence-corrected chi connectivity index (χ2v) is 7.53. The number of piperidine rings is 1. The van der Waals surface area contributed by atoms with E-state index in [4.69, 9.17) is 9.84 Å². The van der Waals surface area contributed by atoms with Gasteiger partial charge in [0.25, 0.3) is 0 Å². The van der Waals surface area contributed by atoms with E-state index >= 15 is 0 Å². The fourth-order valence-corrected chi connectivity index (χ4v) is 3.92. The third kappa shape index (κ3) is 5.05. The zero-order valence-corrected chi connectivity index (χ0v) is 14.5. The highest BCUT2D eigenvalue weighted by Crippen LogP contribution is 2.24. The Kier molecular flexibility index (Phi) is 5.89. The maximum Gasteiger partial charge on any atom is 0.317 e. The van der Waals surface area contributed by atoms with Crippen molar-refractivity contribution in [3.05, 3.63) is 17.5 Å². The quantitative estimate of drug-likeness (QED) is 0.832. The van der Waals surface area contributed by atoms with Crippen LogP contribution in [0.4, 0.5) is 0 Å². The van der Waals surface area contributed by atoms with Crippen LogP contribution in [0.3, 0.4) is 0 Å². The molecule has 6 nitrogen and oxygen atoms in total. The van der Waals surface area contributed by atoms with Crippen LogP contribution in [0.5, 0.6) is 0 Å². The van der Waals surface area contributed by atoms with E-state index in [1.165, 1.54) is 12.1 Å². The molecule has 1 unspecified atom stereocenters. The SMILES string of the molecule is C[C@@H]1CCOC(Cc2cc(CC3CCN(CC(=O)O)CC3)[nH]n2)C1. The third-order valence-corrected chi connectivity index (χ3v) is 5.32. The standard InChI is InChI=1S/C18H29N3O3/c1-13-4-7-24-17(8-13)11-16-10-15(19-20-16)9-14-2-5-21(6-3-14)12-18(22)23/h10,13-14,17H,2-9,11-12H2,1H3,(H,19,20)(H,22,23)/t13-,17?/m1/s1. The number of hydrogen-bond donors (Lipinski definition) is 2. The summed E-state index contributed by atoms with van der Waals surface area (Å²) in [7, 11) is 0. The van der Waals surface area contributed by atoms with Gasteiger partial charge in [-0.15, -0.1) is 0 Å². The molecule has 2 saturated heterocycles. The Hall–Kier alpha value is -1.40. The second-order valence-electron chi connectivity index (χ2n) is 7.53. The fraction of sp³-hybridized carbons (Fsp3) is 0.778. The molecule has 0 bridgehead atoms. The first-order chi connectivity index (χ1) is 11.6. The van der Waals surface area contributed by atoms with Gasteiger partial charge in [-0.25, -0.2) is 0 Å². The van der Waals surface area contributed by atoms with Gasteiger partial charge in [-0.05, 0) is 63.1 Å². The number of carbonyl (C=O) groups is 1. The van der Waals surface area contributed by atoms with Gasteiger partial charge in [0.05, 0.1) is 18.3 Å². The number of likely N-dealkylation sites (tertiary alicyclic amines) is 1. The molecule has 2 atom stereocenters. The normalized spacial score (nSPS) is 26.5. The van der Waals surface area contributed by atoms with Gasteiger partial charge in [0.15, 0.2) is 0 Å². The van der Waals surface area contributed by atoms with Crippen LogP contribution < -0.4 is 0 Å². The van der Waals surface area contributed by atoms with Crippen molar-refractivity contribution >= 4 is 5.97 Å². The highest BCUT2D eigenvalue weighted by molar-refractivity contribution is 5.69. The van der Waals surface area contributed by atoms with E-state index in [1.807, 2.05) is 4.90 Å². The molecule has 1 aromatic heterocycles. The summed E-state index contributed by atoms with van der Waals surface area (Å²) in [5.74, 6) is 0.637. The number of nitrogens with zero attached hydrogens (tertiary/aromatic N) is 2. The molecule has 3 rings (SSSR count). The van der Waals surface area contributed by atoms with E-state index in [0.717, 1.165) is 63.4 Å². The van der Waals surface area contributed by atoms with Gasteiger partial charge in [-0.2, -0.15) is 5.10 Å². The lowest BCUT2D eigenvalue weighted by molar-refractivity contribution is -0.138. The first kappa shape index (κ1) is 17.4. The number of aromatic nitrogens is 2. The van der Waals surface area contributed by atoms with Crippen LogP contribution in [0, 0.1) is 11.8 Å². The molecule has 0 aliphatic carbocycles. The van der Waals surface area contributed by atoms with Crippen LogP contribution in [0.1, 0.15) is 44.0 Å². The molecule has 2 aliphatic rings. The van der Waals surface area contributed by atoms with E-state index in [0.29, 0.717) is 12.0 Å². The summed E-state index contributed by atoms with van der Waals surface area (Å²) in [6.45, 7) is 5.10. The van der Waals surface area contributed by atoms with Crippen molar-refractivity contribution in [2.24, 2.45) is 11.8 Å². The minimum atomic E-state index is -0.731. The lowest BCUT2D eigenvalue weighted by atomic mass is 9.92. The summed E-state index contributed by atoms with van der Waals surface area (Å²) in [6.07, 6.45) is 6.64. The molecule has 3 heterocycles. The Morgan fingerprint density at radius 1 is 1.38 bits per heavy atom. The van der Waals surface area contributed by atoms with E-state index in [1.54, 1.807) is 0 Å². The van der Waals surface area contributed by atoms with Crippen molar-refractivity contribution in [1.29, 1.82) is 0 Å². The largest absolute Gasteiger partial charge is 0.480 e. The summed E-state index contributed by atoms with van der Waals surface area (Å²) in [5.41, 5.74) is 2.30. The number of H-pyrrole nitrogens is 1. The van der Waals surface area contributed by atoms with Crippen molar-refractivity contribution in [2.75, 3.05) is 26.2 Å². The lowest BCUT2D eigenvalue weighted by Crippen LogP contribution is -2.37. The topological polar surface area (TPSA) is 78.5 Å². The number of ether oxygens (including phenoxy) is 1. The summed E-state index contributed by atoms with van der Waals surface area (Å²) in [6, 6.07) is 2.19. The second kappa shape index (κ2) is 8.12. The lowest BCUT2D eigenvalue weighted by Gasteiger charge is -2.30. The first-order valence-corrected chi connectivity index (χ1v) is 9.17. The molecule has 0 radical (unpaired) electrons. The monoisotopic (exact) mass is 335 g/mol. The fourth-order valence-electron chi connectivity index (χ4n) is 3.92. The molecule has 0 saturated carbocycles. The maximum absolute atomic E-state index is 10.8. The summed E-state index contributed by atoms with van der Waals surface area (Å²) >= 11 is 0. The van der Waals surface area contributed by atoms with Gasteiger partial charge < -0.3 is 9.84 Å². The number of rotatable bonds is 6. The van der Waals surface area contributed by atoms with Crippen molar-refractivity contribution < 1.29 is 14.6 Å². The Bertz CT molecular complexity index is 537. The number of aliphatic carboxylic acids is 1. The molecule has 1 aromatic rings. The molecule has 0 spiro atoms. The van der Waals surface area contributed by atoms with E-state index in [-0.39, 0.29) is 6.54 Å². The predicted molar refractivity (Wildman–Crippen MR) is 90.9 cm³/mol. The van der Waals surface area contributed by atoms with Crippen molar-refractivity contribution in [1.82, 2.24) is 15.1 Å². The molecule has 0 amide bonds. The number of carboxylic acids is 1. The van der Waals surface area contributed by atoms with Crippen LogP contribution in [-0.2, 0) is 22.4 Å². The Balaban J connectivity index is 1.44. The van der Waals surface area contributed by atoms with Gasteiger partial charge in [0.1, 0.15) is 0 Å². The zero-order valence-electron chi connectivity index (χ0n) is 14.5. The number of nitrogens with one attached hydrogen (secondary N) is 1. The van der Waals surface area contributed by atoms with Crippen molar-refractivity contribution in [3.63, 3.8) is 0 Å². The molecule has 134 valence electrons. The maximum atomic E-state index is 10.8. The van der Waals surface area contributed by atoms with Crippen LogP contribution in [0.25, 0.3) is 0 Å². The van der Waals surface area contributed by atoms with Gasteiger partial charge >= 0.3 is 5.97 Å². The van der Waals surface area contributed by atoms with Crippen LogP contribution in [-0.4, -0.2) is 58.5 Å². The van der Waals surface area contributed by atoms with Gasteiger partial charge in [0.2, 0.25) is 0 Å². The summed E-state index contributed by atoms with van der Waals surface area (Å²) in [4.78, 5) is 12.8. The molecule has 24 heavy (non-hydrogen) atoms. The number of hydrogen-bond acceptors (Lipinski definition) is 4. The van der Waals surface area contributed by atoms with Gasteiger partial charge in [-0.1, -0.05) is 6.92 Å². The van der Waals surface area contributed by atoms with E-state index in [2.05, 4.69) is 23.2 Å². The molecular weight excluding hydrogens is 306 g/mol. The summed E-state index contributed by atoms with van der Waals surface area (Å²) < 4.78 is 5.85. The van der Waals surface area contributed by atoms with Gasteiger partial charge in [0, 0.05) is 18.7 Å². The van der Waals surface area contributed by atoms with Crippen LogP contribution in [0.2, 0.25) is 0 Å². The highest BCUT2D eigenvalue weighted by Gasteiger charge is 2.23.